The van der Waals surface area contributed by atoms with Gasteiger partial charge in [-0.05, 0) is 65.5 Å². The van der Waals surface area contributed by atoms with E-state index in [4.69, 9.17) is 0 Å². The SMILES string of the molecule is CCCCCCc1ccc(-c2ccc(/C=C/C3/C(=C(\C#N)C(=O)O)c4ccccc4/C3=C(\C#N)C(=O)O)s2)s1. The van der Waals surface area contributed by atoms with Crippen molar-refractivity contribution in [2.45, 2.75) is 39.0 Å². The van der Waals surface area contributed by atoms with Crippen LogP contribution in [0, 0.1) is 28.6 Å². The number of carbonyl (C=O) groups is 2. The van der Waals surface area contributed by atoms with Gasteiger partial charge in [-0.1, -0.05) is 56.5 Å². The monoisotopic (exact) mass is 554 g/mol. The summed E-state index contributed by atoms with van der Waals surface area (Å²) in [7, 11) is 0. The molecular weight excluding hydrogens is 528 g/mol. The first-order chi connectivity index (χ1) is 18.9. The molecule has 1 aliphatic rings. The van der Waals surface area contributed by atoms with Gasteiger partial charge in [0.25, 0.3) is 0 Å². The average Bonchev–Trinajstić information content (AvgIpc) is 3.65. The van der Waals surface area contributed by atoms with Crippen molar-refractivity contribution in [2.75, 3.05) is 0 Å². The molecule has 6 nitrogen and oxygen atoms in total. The Labute approximate surface area is 235 Å². The van der Waals surface area contributed by atoms with Gasteiger partial charge in [-0.15, -0.1) is 22.7 Å². The summed E-state index contributed by atoms with van der Waals surface area (Å²) in [5.74, 6) is -3.70. The van der Waals surface area contributed by atoms with E-state index in [1.165, 1.54) is 35.4 Å². The number of nitriles is 2. The Hall–Kier alpha value is -4.24. The van der Waals surface area contributed by atoms with Crippen LogP contribution in [0.4, 0.5) is 0 Å². The van der Waals surface area contributed by atoms with Gasteiger partial charge in [0, 0.05) is 25.4 Å². The normalized spacial score (nSPS) is 16.9. The van der Waals surface area contributed by atoms with E-state index < -0.39 is 29.0 Å². The Morgan fingerprint density at radius 2 is 1.44 bits per heavy atom. The molecule has 0 spiro atoms. The number of carboxylic acids is 2. The lowest BCUT2D eigenvalue weighted by Gasteiger charge is -2.12. The van der Waals surface area contributed by atoms with Crippen molar-refractivity contribution in [1.29, 1.82) is 10.5 Å². The molecule has 39 heavy (non-hydrogen) atoms. The quantitative estimate of drug-likeness (QED) is 0.151. The fourth-order valence-corrected chi connectivity index (χ4v) is 6.85. The van der Waals surface area contributed by atoms with Crippen molar-refractivity contribution in [3.8, 4) is 21.9 Å². The highest BCUT2D eigenvalue weighted by Crippen LogP contribution is 2.49. The van der Waals surface area contributed by atoms with Crippen molar-refractivity contribution in [2.24, 2.45) is 5.92 Å². The van der Waals surface area contributed by atoms with Gasteiger partial charge in [-0.2, -0.15) is 10.5 Å². The molecule has 0 aliphatic heterocycles. The van der Waals surface area contributed by atoms with E-state index in [9.17, 15) is 30.3 Å². The maximum atomic E-state index is 12.0. The molecule has 2 N–H and O–H groups in total. The summed E-state index contributed by atoms with van der Waals surface area (Å²) in [6.45, 7) is 2.20. The summed E-state index contributed by atoms with van der Waals surface area (Å²) >= 11 is 3.35. The van der Waals surface area contributed by atoms with Crippen LogP contribution in [0.5, 0.6) is 0 Å². The molecule has 8 heteroatoms. The van der Waals surface area contributed by atoms with Crippen molar-refractivity contribution >= 4 is 51.8 Å². The predicted molar refractivity (Wildman–Crippen MR) is 155 cm³/mol. The number of allylic oxidation sites excluding steroid dienone is 3. The highest BCUT2D eigenvalue weighted by atomic mass is 32.1. The molecule has 196 valence electrons. The minimum Gasteiger partial charge on any atom is -0.477 e. The van der Waals surface area contributed by atoms with Crippen LogP contribution in [0.25, 0.3) is 27.0 Å². The number of unbranched alkanes of at least 4 members (excludes halogenated alkanes) is 3. The van der Waals surface area contributed by atoms with Gasteiger partial charge in [-0.25, -0.2) is 9.59 Å². The second kappa shape index (κ2) is 12.5. The second-order valence-corrected chi connectivity index (χ2v) is 11.4. The fourth-order valence-electron chi connectivity index (χ4n) is 4.79. The van der Waals surface area contributed by atoms with Gasteiger partial charge in [-0.3, -0.25) is 0 Å². The standard InChI is InChI=1S/C31H26N2O4S2/c1-2-3-4-5-8-19-12-15-26(38-19)27-16-13-20(39-27)11-14-23-28(24(17-32)30(34)35)21-9-6-7-10-22(21)29(23)25(18-33)31(36)37/h6-7,9-16,23H,2-5,8H2,1H3,(H,34,35)(H,36,37)/b14-11+,28-24-,29-25+. The average molecular weight is 555 g/mol. The zero-order valence-corrected chi connectivity index (χ0v) is 22.9. The Balaban J connectivity index is 1.71. The van der Waals surface area contributed by atoms with Crippen LogP contribution in [-0.4, -0.2) is 22.2 Å². The molecule has 0 saturated heterocycles. The van der Waals surface area contributed by atoms with Gasteiger partial charge in [0.2, 0.25) is 0 Å². The lowest BCUT2D eigenvalue weighted by molar-refractivity contribution is -0.133. The third-order valence-corrected chi connectivity index (χ3v) is 8.97. The van der Waals surface area contributed by atoms with Crippen LogP contribution >= 0.6 is 22.7 Å². The van der Waals surface area contributed by atoms with Gasteiger partial charge in [0.15, 0.2) is 0 Å². The first-order valence-corrected chi connectivity index (χ1v) is 14.2. The number of aryl methyl sites for hydroxylation is 1. The molecule has 1 atom stereocenters. The molecule has 1 unspecified atom stereocenters. The topological polar surface area (TPSA) is 122 Å². The van der Waals surface area contributed by atoms with Crippen LogP contribution in [0.3, 0.4) is 0 Å². The molecule has 3 aromatic rings. The number of carboxylic acid groups (broad SMARTS) is 2. The Morgan fingerprint density at radius 1 is 0.846 bits per heavy atom. The summed E-state index contributed by atoms with van der Waals surface area (Å²) < 4.78 is 0. The minimum absolute atomic E-state index is 0.184. The summed E-state index contributed by atoms with van der Waals surface area (Å²) in [4.78, 5) is 28.5. The van der Waals surface area contributed by atoms with Crippen molar-refractivity contribution in [3.05, 3.63) is 86.6 Å². The minimum atomic E-state index is -1.41. The lowest BCUT2D eigenvalue weighted by atomic mass is 9.89. The van der Waals surface area contributed by atoms with Crippen molar-refractivity contribution in [1.82, 2.24) is 0 Å². The van der Waals surface area contributed by atoms with Crippen LogP contribution in [0.2, 0.25) is 0 Å². The Bertz CT molecular complexity index is 1520. The molecule has 0 fully saturated rings. The smallest absolute Gasteiger partial charge is 0.346 e. The third kappa shape index (κ3) is 5.93. The predicted octanol–water partition coefficient (Wildman–Crippen LogP) is 7.67. The summed E-state index contributed by atoms with van der Waals surface area (Å²) in [6.07, 6.45) is 9.45. The molecule has 2 heterocycles. The van der Waals surface area contributed by atoms with Gasteiger partial charge < -0.3 is 10.2 Å². The molecule has 0 radical (unpaired) electrons. The summed E-state index contributed by atoms with van der Waals surface area (Å²) in [5.41, 5.74) is 0.282. The molecular formula is C31H26N2O4S2. The number of rotatable bonds is 10. The number of aliphatic carboxylic acids is 2. The van der Waals surface area contributed by atoms with Crippen molar-refractivity contribution in [3.63, 3.8) is 0 Å². The summed E-state index contributed by atoms with van der Waals surface area (Å²) in [6, 6.07) is 18.5. The number of fused-ring (bicyclic) bond motifs is 1. The molecule has 0 bridgehead atoms. The Morgan fingerprint density at radius 3 is 2.00 bits per heavy atom. The number of hydrogen-bond acceptors (Lipinski definition) is 6. The van der Waals surface area contributed by atoms with E-state index >= 15 is 0 Å². The maximum Gasteiger partial charge on any atom is 0.346 e. The van der Waals surface area contributed by atoms with Gasteiger partial charge in [0.05, 0.1) is 0 Å². The van der Waals surface area contributed by atoms with E-state index in [0.29, 0.717) is 11.1 Å². The number of benzene rings is 1. The molecule has 0 saturated carbocycles. The highest BCUT2D eigenvalue weighted by Gasteiger charge is 2.37. The van der Waals surface area contributed by atoms with Crippen LogP contribution in [-0.2, 0) is 16.0 Å². The molecule has 2 aromatic heterocycles. The molecule has 1 aliphatic carbocycles. The van der Waals surface area contributed by atoms with E-state index in [2.05, 4.69) is 19.1 Å². The maximum absolute atomic E-state index is 12.0. The first kappa shape index (κ1) is 27.8. The largest absolute Gasteiger partial charge is 0.477 e. The number of thiophene rings is 2. The summed E-state index contributed by atoms with van der Waals surface area (Å²) in [5, 5.41) is 38.9. The highest BCUT2D eigenvalue weighted by molar-refractivity contribution is 7.22. The zero-order chi connectivity index (χ0) is 27.9. The lowest BCUT2D eigenvalue weighted by Crippen LogP contribution is -2.08. The van der Waals surface area contributed by atoms with E-state index in [0.717, 1.165) is 16.2 Å². The van der Waals surface area contributed by atoms with Crippen molar-refractivity contribution < 1.29 is 19.8 Å². The van der Waals surface area contributed by atoms with Gasteiger partial charge in [0.1, 0.15) is 23.3 Å². The fraction of sp³-hybridized carbons (Fsp3) is 0.226. The van der Waals surface area contributed by atoms with E-state index in [1.807, 2.05) is 12.1 Å². The zero-order valence-electron chi connectivity index (χ0n) is 21.3. The van der Waals surface area contributed by atoms with E-state index in [1.54, 1.807) is 71.2 Å². The van der Waals surface area contributed by atoms with Crippen LogP contribution in [0.15, 0.2) is 65.8 Å². The number of nitrogens with zero attached hydrogens (tertiary/aromatic N) is 2. The van der Waals surface area contributed by atoms with Crippen LogP contribution in [0.1, 0.15) is 53.5 Å². The molecule has 0 amide bonds. The molecule has 4 rings (SSSR count). The van der Waals surface area contributed by atoms with Gasteiger partial charge >= 0.3 is 11.9 Å². The molecule has 1 aromatic carbocycles. The number of hydrogen-bond donors (Lipinski definition) is 2. The van der Waals surface area contributed by atoms with E-state index in [-0.39, 0.29) is 11.1 Å². The third-order valence-electron chi connectivity index (χ3n) is 6.58. The Kier molecular flexibility index (Phi) is 8.93. The van der Waals surface area contributed by atoms with Crippen LogP contribution < -0.4 is 0 Å². The first-order valence-electron chi connectivity index (χ1n) is 12.6. The second-order valence-electron chi connectivity index (χ2n) is 9.07.